The largest absolute Gasteiger partial charge is 0.349 e. The van der Waals surface area contributed by atoms with Gasteiger partial charge in [-0.05, 0) is 30.9 Å². The molecule has 27 heavy (non-hydrogen) atoms. The van der Waals surface area contributed by atoms with Crippen LogP contribution in [-0.2, 0) is 14.1 Å². The molecule has 1 fully saturated rings. The molecule has 1 saturated heterocycles. The van der Waals surface area contributed by atoms with Crippen LogP contribution in [0.15, 0.2) is 46.0 Å². The molecule has 1 atom stereocenters. The molecule has 2 aromatic rings. The van der Waals surface area contributed by atoms with E-state index < -0.39 is 17.2 Å². The molecule has 0 bridgehead atoms. The summed E-state index contributed by atoms with van der Waals surface area (Å²) in [5.41, 5.74) is 0.463. The summed E-state index contributed by atoms with van der Waals surface area (Å²) in [4.78, 5) is 38.4. The molecule has 1 aliphatic heterocycles. The Labute approximate surface area is 158 Å². The Bertz CT molecular complexity index is 917. The lowest BCUT2D eigenvalue weighted by atomic mass is 9.91. The maximum atomic E-state index is 12.4. The Morgan fingerprint density at radius 1 is 1.15 bits per heavy atom. The van der Waals surface area contributed by atoms with E-state index in [1.807, 2.05) is 6.07 Å². The normalized spacial score (nSPS) is 17.6. The third-order valence-electron chi connectivity index (χ3n) is 5.25. The van der Waals surface area contributed by atoms with Gasteiger partial charge in [-0.25, -0.2) is 4.79 Å². The molecule has 3 rings (SSSR count). The van der Waals surface area contributed by atoms with Crippen molar-refractivity contribution in [1.82, 2.24) is 19.4 Å². The Hall–Kier alpha value is -2.67. The number of hydrogen-bond acceptors (Lipinski definition) is 4. The number of rotatable bonds is 5. The van der Waals surface area contributed by atoms with Gasteiger partial charge >= 0.3 is 5.69 Å². The number of nitrogens with one attached hydrogen (secondary N) is 1. The number of aromatic nitrogens is 2. The lowest BCUT2D eigenvalue weighted by Gasteiger charge is -2.33. The summed E-state index contributed by atoms with van der Waals surface area (Å²) in [6.45, 7) is 3.21. The summed E-state index contributed by atoms with van der Waals surface area (Å²) in [6, 6.07) is 11.7. The summed E-state index contributed by atoms with van der Waals surface area (Å²) in [5, 5.41) is 2.83. The molecule has 0 aliphatic carbocycles. The zero-order valence-electron chi connectivity index (χ0n) is 15.9. The summed E-state index contributed by atoms with van der Waals surface area (Å²) in [5.74, 6) is 0.123. The fourth-order valence-electron chi connectivity index (χ4n) is 3.62. The molecule has 0 unspecified atom stereocenters. The number of carbonyl (C=O) groups is 1. The molecule has 0 spiro atoms. The van der Waals surface area contributed by atoms with Gasteiger partial charge in [-0.1, -0.05) is 30.3 Å². The van der Waals surface area contributed by atoms with Crippen LogP contribution in [0.3, 0.4) is 0 Å². The van der Waals surface area contributed by atoms with Crippen molar-refractivity contribution in [1.29, 1.82) is 0 Å². The lowest BCUT2D eigenvalue weighted by molar-refractivity contribution is 0.0935. The number of piperidine rings is 1. The zero-order valence-corrected chi connectivity index (χ0v) is 15.9. The van der Waals surface area contributed by atoms with Gasteiger partial charge in [0.2, 0.25) is 0 Å². The Kier molecular flexibility index (Phi) is 5.91. The van der Waals surface area contributed by atoms with Crippen molar-refractivity contribution in [2.24, 2.45) is 14.1 Å². The number of amides is 1. The zero-order chi connectivity index (χ0) is 19.4. The molecule has 0 radical (unpaired) electrons. The maximum Gasteiger partial charge on any atom is 0.331 e. The third kappa shape index (κ3) is 4.36. The predicted octanol–water partition coefficient (Wildman–Crippen LogP) is 0.693. The van der Waals surface area contributed by atoms with Gasteiger partial charge in [0.15, 0.2) is 0 Å². The molecule has 7 nitrogen and oxygen atoms in total. The van der Waals surface area contributed by atoms with E-state index in [4.69, 9.17) is 0 Å². The fraction of sp³-hybridized carbons (Fsp3) is 0.450. The molecule has 1 N–H and O–H groups in total. The molecule has 1 amide bonds. The highest BCUT2D eigenvalue weighted by Gasteiger charge is 2.21. The second-order valence-electron chi connectivity index (χ2n) is 7.07. The van der Waals surface area contributed by atoms with Gasteiger partial charge in [0.05, 0.1) is 0 Å². The average Bonchev–Trinajstić information content (AvgIpc) is 2.70. The van der Waals surface area contributed by atoms with Crippen LogP contribution >= 0.6 is 0 Å². The first-order chi connectivity index (χ1) is 13.0. The molecule has 7 heteroatoms. The Balaban J connectivity index is 1.56. The smallest absolute Gasteiger partial charge is 0.331 e. The number of nitrogens with zero attached hydrogens (tertiary/aromatic N) is 3. The van der Waals surface area contributed by atoms with Crippen LogP contribution in [0.1, 0.15) is 34.8 Å². The second-order valence-corrected chi connectivity index (χ2v) is 7.07. The van der Waals surface area contributed by atoms with E-state index in [0.29, 0.717) is 12.5 Å². The van der Waals surface area contributed by atoms with Gasteiger partial charge in [0.25, 0.3) is 11.5 Å². The number of benzene rings is 1. The number of likely N-dealkylation sites (tertiary alicyclic amines) is 1. The first kappa shape index (κ1) is 19.1. The van der Waals surface area contributed by atoms with Crippen molar-refractivity contribution < 1.29 is 4.79 Å². The van der Waals surface area contributed by atoms with E-state index in [9.17, 15) is 14.4 Å². The van der Waals surface area contributed by atoms with Crippen molar-refractivity contribution >= 4 is 5.91 Å². The van der Waals surface area contributed by atoms with Gasteiger partial charge < -0.3 is 10.2 Å². The second kappa shape index (κ2) is 8.35. The first-order valence-corrected chi connectivity index (χ1v) is 9.30. The van der Waals surface area contributed by atoms with Crippen LogP contribution in [0.4, 0.5) is 0 Å². The number of hydrogen-bond donors (Lipinski definition) is 1. The average molecular weight is 370 g/mol. The van der Waals surface area contributed by atoms with Crippen LogP contribution in [0.2, 0.25) is 0 Å². The van der Waals surface area contributed by atoms with E-state index in [1.165, 1.54) is 36.7 Å². The van der Waals surface area contributed by atoms with Crippen LogP contribution < -0.4 is 16.6 Å². The molecule has 2 heterocycles. The molecule has 1 aliphatic rings. The summed E-state index contributed by atoms with van der Waals surface area (Å²) < 4.78 is 2.18. The minimum Gasteiger partial charge on any atom is -0.349 e. The third-order valence-corrected chi connectivity index (χ3v) is 5.25. The maximum absolute atomic E-state index is 12.4. The molecule has 144 valence electrons. The minimum absolute atomic E-state index is 0.0870. The molecular formula is C20H26N4O3. The van der Waals surface area contributed by atoms with Crippen LogP contribution in [0.25, 0.3) is 0 Å². The fourth-order valence-corrected chi connectivity index (χ4v) is 3.62. The van der Waals surface area contributed by atoms with Crippen molar-refractivity contribution in [2.45, 2.75) is 18.8 Å². The molecule has 1 aromatic carbocycles. The monoisotopic (exact) mass is 370 g/mol. The summed E-state index contributed by atoms with van der Waals surface area (Å²) in [7, 11) is 2.89. The van der Waals surface area contributed by atoms with E-state index in [-0.39, 0.29) is 5.69 Å². The Morgan fingerprint density at radius 2 is 1.89 bits per heavy atom. The summed E-state index contributed by atoms with van der Waals surface area (Å²) >= 11 is 0. The van der Waals surface area contributed by atoms with Gasteiger partial charge in [0.1, 0.15) is 5.69 Å². The topological polar surface area (TPSA) is 76.3 Å². The summed E-state index contributed by atoms with van der Waals surface area (Å²) in [6.07, 6.45) is 2.32. The van der Waals surface area contributed by atoms with Crippen molar-refractivity contribution in [3.05, 3.63) is 68.5 Å². The van der Waals surface area contributed by atoms with Gasteiger partial charge in [-0.2, -0.15) is 0 Å². The van der Waals surface area contributed by atoms with Gasteiger partial charge in [0, 0.05) is 39.8 Å². The van der Waals surface area contributed by atoms with Crippen LogP contribution in [0.5, 0.6) is 0 Å². The van der Waals surface area contributed by atoms with E-state index in [2.05, 4.69) is 34.5 Å². The van der Waals surface area contributed by atoms with E-state index in [1.54, 1.807) is 0 Å². The van der Waals surface area contributed by atoms with Crippen molar-refractivity contribution in [3.63, 3.8) is 0 Å². The first-order valence-electron chi connectivity index (χ1n) is 9.30. The standard InChI is InChI=1S/C20H26N4O3/c1-22-17(13-18(25)23(2)20(22)27)19(26)21-10-12-24-11-6-9-16(14-24)15-7-4-3-5-8-15/h3-5,7-8,13,16H,6,9-12,14H2,1-2H3,(H,21,26)/t16-/m0/s1. The van der Waals surface area contributed by atoms with E-state index in [0.717, 1.165) is 30.6 Å². The molecule has 0 saturated carbocycles. The number of carbonyl (C=O) groups excluding carboxylic acids is 1. The van der Waals surface area contributed by atoms with Gasteiger partial charge in [-0.3, -0.25) is 18.7 Å². The van der Waals surface area contributed by atoms with Crippen LogP contribution in [-0.4, -0.2) is 46.1 Å². The lowest BCUT2D eigenvalue weighted by Crippen LogP contribution is -2.43. The highest BCUT2D eigenvalue weighted by Crippen LogP contribution is 2.26. The van der Waals surface area contributed by atoms with Crippen LogP contribution in [0, 0.1) is 0 Å². The highest BCUT2D eigenvalue weighted by atomic mass is 16.2. The Morgan fingerprint density at radius 3 is 2.63 bits per heavy atom. The predicted molar refractivity (Wildman–Crippen MR) is 104 cm³/mol. The minimum atomic E-state index is -0.505. The molecule has 1 aromatic heterocycles. The highest BCUT2D eigenvalue weighted by molar-refractivity contribution is 5.92. The van der Waals surface area contributed by atoms with Crippen molar-refractivity contribution in [2.75, 3.05) is 26.2 Å². The SMILES string of the molecule is Cn1c(C(=O)NCCN2CCC[C@H](c3ccccc3)C2)cc(=O)n(C)c1=O. The molecular weight excluding hydrogens is 344 g/mol. The van der Waals surface area contributed by atoms with Crippen molar-refractivity contribution in [3.8, 4) is 0 Å². The van der Waals surface area contributed by atoms with E-state index >= 15 is 0 Å². The van der Waals surface area contributed by atoms with Gasteiger partial charge in [-0.15, -0.1) is 0 Å². The quantitative estimate of drug-likeness (QED) is 0.840.